The van der Waals surface area contributed by atoms with Crippen molar-refractivity contribution in [2.45, 2.75) is 52.9 Å². The van der Waals surface area contributed by atoms with Crippen LogP contribution < -0.4 is 5.73 Å². The lowest BCUT2D eigenvalue weighted by Crippen LogP contribution is -2.15. The molecule has 1 unspecified atom stereocenters. The van der Waals surface area contributed by atoms with Crippen LogP contribution in [-0.4, -0.2) is 0 Å². The van der Waals surface area contributed by atoms with Gasteiger partial charge in [-0.15, -0.1) is 0 Å². The van der Waals surface area contributed by atoms with E-state index in [0.717, 1.165) is 26.1 Å². The summed E-state index contributed by atoms with van der Waals surface area (Å²) in [4.78, 5) is 0. The Bertz CT molecular complexity index is 392. The Morgan fingerprint density at radius 2 is 1.94 bits per heavy atom. The van der Waals surface area contributed by atoms with Crippen LogP contribution >= 0.6 is 0 Å². The van der Waals surface area contributed by atoms with Crippen LogP contribution in [0, 0.1) is 5.41 Å². The molecule has 0 spiro atoms. The van der Waals surface area contributed by atoms with Crippen molar-refractivity contribution in [3.05, 3.63) is 34.9 Å². The highest BCUT2D eigenvalue weighted by molar-refractivity contribution is 5.34. The summed E-state index contributed by atoms with van der Waals surface area (Å²) in [6, 6.07) is 6.69. The average Bonchev–Trinajstić information content (AvgIpc) is 2.71. The van der Waals surface area contributed by atoms with E-state index in [2.05, 4.69) is 39.0 Å². The molecule has 17 heavy (non-hydrogen) atoms. The quantitative estimate of drug-likeness (QED) is 0.866. The molecule has 0 aliphatic carbocycles. The summed E-state index contributed by atoms with van der Waals surface area (Å²) in [7, 11) is 0. The van der Waals surface area contributed by atoms with Crippen LogP contribution in [0.1, 0.15) is 56.3 Å². The maximum Gasteiger partial charge on any atom is 0.0725 e. The molecule has 1 heterocycles. The normalized spacial score (nSPS) is 16.9. The Kier molecular flexibility index (Phi) is 3.55. The van der Waals surface area contributed by atoms with E-state index in [9.17, 15) is 0 Å². The molecule has 0 bridgehead atoms. The van der Waals surface area contributed by atoms with Gasteiger partial charge in [0.15, 0.2) is 0 Å². The number of benzene rings is 1. The van der Waals surface area contributed by atoms with Gasteiger partial charge in [-0.25, -0.2) is 0 Å². The van der Waals surface area contributed by atoms with Crippen molar-refractivity contribution in [3.63, 3.8) is 0 Å². The summed E-state index contributed by atoms with van der Waals surface area (Å²) in [5, 5.41) is 0. The molecule has 1 aliphatic heterocycles. The van der Waals surface area contributed by atoms with Crippen molar-refractivity contribution in [2.24, 2.45) is 11.1 Å². The lowest BCUT2D eigenvalue weighted by atomic mass is 9.87. The molecule has 1 aromatic carbocycles. The molecule has 2 heteroatoms. The zero-order chi connectivity index (χ0) is 12.5. The summed E-state index contributed by atoms with van der Waals surface area (Å²) < 4.78 is 5.42. The first-order chi connectivity index (χ1) is 7.96. The topological polar surface area (TPSA) is 35.2 Å². The third kappa shape index (κ3) is 3.30. The highest BCUT2D eigenvalue weighted by atomic mass is 16.5. The fourth-order valence-corrected chi connectivity index (χ4v) is 2.18. The molecular formula is C15H23NO. The first kappa shape index (κ1) is 12.6. The number of ether oxygens (including phenoxy) is 1. The zero-order valence-corrected chi connectivity index (χ0v) is 11.1. The molecule has 0 fully saturated rings. The molecular weight excluding hydrogens is 210 g/mol. The van der Waals surface area contributed by atoms with Gasteiger partial charge in [0.1, 0.15) is 0 Å². The second-order valence-corrected chi connectivity index (χ2v) is 6.23. The molecule has 1 aromatic rings. The highest BCUT2D eigenvalue weighted by Crippen LogP contribution is 2.28. The molecule has 1 aliphatic rings. The van der Waals surface area contributed by atoms with E-state index in [4.69, 9.17) is 10.5 Å². The number of nitrogens with two attached hydrogens (primary N) is 1. The van der Waals surface area contributed by atoms with Crippen molar-refractivity contribution < 1.29 is 4.74 Å². The monoisotopic (exact) mass is 233 g/mol. The lowest BCUT2D eigenvalue weighted by molar-refractivity contribution is 0.134. The third-order valence-corrected chi connectivity index (χ3v) is 3.38. The van der Waals surface area contributed by atoms with Crippen LogP contribution in [0.3, 0.4) is 0 Å². The van der Waals surface area contributed by atoms with E-state index in [0.29, 0.717) is 5.41 Å². The lowest BCUT2D eigenvalue weighted by Gasteiger charge is -2.21. The first-order valence-electron chi connectivity index (χ1n) is 6.41. The van der Waals surface area contributed by atoms with Crippen LogP contribution in [0.25, 0.3) is 0 Å². The third-order valence-electron chi connectivity index (χ3n) is 3.38. The number of fused-ring (bicyclic) bond motifs is 1. The Morgan fingerprint density at radius 1 is 1.24 bits per heavy atom. The summed E-state index contributed by atoms with van der Waals surface area (Å²) in [6.45, 7) is 8.28. The largest absolute Gasteiger partial charge is 0.372 e. The van der Waals surface area contributed by atoms with Gasteiger partial charge in [-0.1, -0.05) is 39.0 Å². The van der Waals surface area contributed by atoms with Gasteiger partial charge in [0.05, 0.1) is 13.2 Å². The molecule has 0 saturated heterocycles. The molecule has 0 amide bonds. The minimum atomic E-state index is 0.153. The van der Waals surface area contributed by atoms with Gasteiger partial charge in [-0.3, -0.25) is 0 Å². The summed E-state index contributed by atoms with van der Waals surface area (Å²) in [6.07, 6.45) is 2.20. The second-order valence-electron chi connectivity index (χ2n) is 6.23. The second kappa shape index (κ2) is 4.79. The predicted octanol–water partition coefficient (Wildman–Crippen LogP) is 3.54. The zero-order valence-electron chi connectivity index (χ0n) is 11.1. The van der Waals surface area contributed by atoms with Crippen molar-refractivity contribution >= 4 is 0 Å². The Labute approximate surface area is 104 Å². The van der Waals surface area contributed by atoms with E-state index in [-0.39, 0.29) is 6.04 Å². The maximum atomic E-state index is 6.26. The van der Waals surface area contributed by atoms with Crippen LogP contribution in [0.15, 0.2) is 18.2 Å². The van der Waals surface area contributed by atoms with Gasteiger partial charge in [0.25, 0.3) is 0 Å². The van der Waals surface area contributed by atoms with Crippen molar-refractivity contribution in [1.29, 1.82) is 0 Å². The molecule has 2 N–H and O–H groups in total. The van der Waals surface area contributed by atoms with E-state index in [1.807, 2.05) is 0 Å². The first-order valence-corrected chi connectivity index (χ1v) is 6.41. The van der Waals surface area contributed by atoms with Gasteiger partial charge < -0.3 is 10.5 Å². The molecule has 2 rings (SSSR count). The molecule has 1 atom stereocenters. The SMILES string of the molecule is CC(C)(C)CCC(N)c1ccc2c(c1)COC2. The average molecular weight is 233 g/mol. The maximum absolute atomic E-state index is 6.26. The van der Waals surface area contributed by atoms with Gasteiger partial charge in [0.2, 0.25) is 0 Å². The van der Waals surface area contributed by atoms with Gasteiger partial charge >= 0.3 is 0 Å². The summed E-state index contributed by atoms with van der Waals surface area (Å²) in [5.41, 5.74) is 10.5. The van der Waals surface area contributed by atoms with Crippen molar-refractivity contribution in [2.75, 3.05) is 0 Å². The van der Waals surface area contributed by atoms with Crippen molar-refractivity contribution in [3.8, 4) is 0 Å². The molecule has 94 valence electrons. The highest BCUT2D eigenvalue weighted by Gasteiger charge is 2.16. The van der Waals surface area contributed by atoms with Gasteiger partial charge in [0, 0.05) is 6.04 Å². The number of rotatable bonds is 3. The van der Waals surface area contributed by atoms with E-state index < -0.39 is 0 Å². The fraction of sp³-hybridized carbons (Fsp3) is 0.600. The summed E-state index contributed by atoms with van der Waals surface area (Å²) in [5.74, 6) is 0. The number of hydrogen-bond acceptors (Lipinski definition) is 2. The van der Waals surface area contributed by atoms with E-state index in [1.54, 1.807) is 0 Å². The van der Waals surface area contributed by atoms with Crippen LogP contribution in [0.2, 0.25) is 0 Å². The fourth-order valence-electron chi connectivity index (χ4n) is 2.18. The standard InChI is InChI=1S/C15H23NO/c1-15(2,3)7-6-14(16)11-4-5-12-9-17-10-13(12)8-11/h4-5,8,14H,6-7,9-10,16H2,1-3H3. The van der Waals surface area contributed by atoms with E-state index >= 15 is 0 Å². The Hall–Kier alpha value is -0.860. The Balaban J connectivity index is 2.02. The van der Waals surface area contributed by atoms with Crippen molar-refractivity contribution in [1.82, 2.24) is 0 Å². The van der Waals surface area contributed by atoms with Crippen LogP contribution in [0.4, 0.5) is 0 Å². The Morgan fingerprint density at radius 3 is 2.65 bits per heavy atom. The number of hydrogen-bond donors (Lipinski definition) is 1. The molecule has 0 saturated carbocycles. The smallest absolute Gasteiger partial charge is 0.0725 e. The molecule has 0 radical (unpaired) electrons. The minimum Gasteiger partial charge on any atom is -0.372 e. The van der Waals surface area contributed by atoms with Gasteiger partial charge in [-0.05, 0) is 34.9 Å². The molecule has 2 nitrogen and oxygen atoms in total. The van der Waals surface area contributed by atoms with Crippen LogP contribution in [-0.2, 0) is 18.0 Å². The van der Waals surface area contributed by atoms with Crippen LogP contribution in [0.5, 0.6) is 0 Å². The summed E-state index contributed by atoms with van der Waals surface area (Å²) >= 11 is 0. The molecule has 0 aromatic heterocycles. The minimum absolute atomic E-state index is 0.153. The predicted molar refractivity (Wildman–Crippen MR) is 70.6 cm³/mol. The van der Waals surface area contributed by atoms with E-state index in [1.165, 1.54) is 16.7 Å². The van der Waals surface area contributed by atoms with Gasteiger partial charge in [-0.2, -0.15) is 0 Å².